The molecule has 0 unspecified atom stereocenters. The predicted molar refractivity (Wildman–Crippen MR) is 71.1 cm³/mol. The zero-order valence-corrected chi connectivity index (χ0v) is 12.1. The Balaban J connectivity index is 2.47. The fraction of sp³-hybridized carbons (Fsp3) is 0.333. The van der Waals surface area contributed by atoms with Gasteiger partial charge in [0, 0.05) is 18.0 Å². The highest BCUT2D eigenvalue weighted by atomic mass is 19.4. The average molecular weight is 316 g/mol. The minimum Gasteiger partial charge on any atom is -0.236 e. The van der Waals surface area contributed by atoms with E-state index in [0.717, 1.165) is 5.56 Å². The summed E-state index contributed by atoms with van der Waals surface area (Å²) in [5.74, 6) is -3.42. The number of benzene rings is 1. The number of hydrogen-bond donors (Lipinski definition) is 0. The van der Waals surface area contributed by atoms with Crippen LogP contribution in [0.25, 0.3) is 11.4 Å². The van der Waals surface area contributed by atoms with Crippen LogP contribution in [-0.4, -0.2) is 9.97 Å². The normalized spacial score (nSPS) is 12.5. The molecule has 2 aromatic rings. The average Bonchev–Trinajstić information content (AvgIpc) is 2.35. The summed E-state index contributed by atoms with van der Waals surface area (Å²) < 4.78 is 64.6. The van der Waals surface area contributed by atoms with Crippen LogP contribution < -0.4 is 0 Å². The number of alkyl halides is 3. The van der Waals surface area contributed by atoms with Gasteiger partial charge in [0.25, 0.3) is 0 Å². The van der Waals surface area contributed by atoms with Gasteiger partial charge in [-0.25, -0.2) is 18.7 Å². The van der Waals surface area contributed by atoms with Crippen LogP contribution in [0.2, 0.25) is 0 Å². The zero-order valence-electron chi connectivity index (χ0n) is 12.1. The van der Waals surface area contributed by atoms with Gasteiger partial charge in [-0.05, 0) is 23.1 Å². The Kier molecular flexibility index (Phi) is 3.93. The smallest absolute Gasteiger partial charge is 0.236 e. The van der Waals surface area contributed by atoms with Crippen LogP contribution in [0.5, 0.6) is 0 Å². The maximum Gasteiger partial charge on any atom is 0.422 e. The van der Waals surface area contributed by atoms with Gasteiger partial charge in [-0.2, -0.15) is 13.2 Å². The van der Waals surface area contributed by atoms with E-state index in [1.54, 1.807) is 0 Å². The van der Waals surface area contributed by atoms with Crippen molar-refractivity contribution in [3.63, 3.8) is 0 Å². The second-order valence-electron chi connectivity index (χ2n) is 5.86. The second kappa shape index (κ2) is 5.30. The van der Waals surface area contributed by atoms with Gasteiger partial charge in [0.2, 0.25) is 0 Å². The molecule has 0 atom stereocenters. The third-order valence-electron chi connectivity index (χ3n) is 3.10. The highest BCUT2D eigenvalue weighted by Gasteiger charge is 2.38. The maximum absolute atomic E-state index is 13.5. The van der Waals surface area contributed by atoms with E-state index in [1.807, 2.05) is 20.8 Å². The van der Waals surface area contributed by atoms with E-state index in [2.05, 4.69) is 9.97 Å². The molecule has 0 radical (unpaired) electrons. The minimum absolute atomic E-state index is 0.0421. The molecule has 0 aliphatic rings. The SMILES string of the molecule is CC(C)(C)c1cnc(-c2cc(F)c(C(F)(F)F)c(F)c2)nc1. The molecule has 0 fully saturated rings. The molecule has 0 N–H and O–H groups in total. The molecule has 1 aromatic heterocycles. The summed E-state index contributed by atoms with van der Waals surface area (Å²) in [6.07, 6.45) is -2.13. The van der Waals surface area contributed by atoms with Crippen LogP contribution >= 0.6 is 0 Å². The van der Waals surface area contributed by atoms with Crippen molar-refractivity contribution in [1.29, 1.82) is 0 Å². The molecule has 0 bridgehead atoms. The Morgan fingerprint density at radius 2 is 1.32 bits per heavy atom. The van der Waals surface area contributed by atoms with Gasteiger partial charge in [-0.3, -0.25) is 0 Å². The third-order valence-corrected chi connectivity index (χ3v) is 3.10. The Morgan fingerprint density at radius 1 is 0.864 bits per heavy atom. The number of nitrogens with zero attached hydrogens (tertiary/aromatic N) is 2. The number of halogens is 5. The van der Waals surface area contributed by atoms with E-state index in [9.17, 15) is 22.0 Å². The highest BCUT2D eigenvalue weighted by Crippen LogP contribution is 2.35. The van der Waals surface area contributed by atoms with Crippen molar-refractivity contribution in [3.8, 4) is 11.4 Å². The van der Waals surface area contributed by atoms with Gasteiger partial charge in [0.05, 0.1) is 0 Å². The summed E-state index contributed by atoms with van der Waals surface area (Å²) in [7, 11) is 0. The first-order chi connectivity index (χ1) is 10.00. The van der Waals surface area contributed by atoms with Crippen LogP contribution in [0, 0.1) is 11.6 Å². The summed E-state index contributed by atoms with van der Waals surface area (Å²) in [6, 6.07) is 1.16. The number of hydrogen-bond acceptors (Lipinski definition) is 2. The third kappa shape index (κ3) is 3.23. The van der Waals surface area contributed by atoms with E-state index in [0.29, 0.717) is 12.1 Å². The summed E-state index contributed by atoms with van der Waals surface area (Å²) in [6.45, 7) is 5.80. The molecule has 1 aromatic carbocycles. The topological polar surface area (TPSA) is 25.8 Å². The molecule has 0 saturated heterocycles. The van der Waals surface area contributed by atoms with E-state index in [-0.39, 0.29) is 16.8 Å². The van der Waals surface area contributed by atoms with Crippen LogP contribution in [0.4, 0.5) is 22.0 Å². The lowest BCUT2D eigenvalue weighted by Gasteiger charge is -2.18. The van der Waals surface area contributed by atoms with Crippen LogP contribution in [-0.2, 0) is 11.6 Å². The van der Waals surface area contributed by atoms with Crippen molar-refractivity contribution in [2.75, 3.05) is 0 Å². The van der Waals surface area contributed by atoms with Gasteiger partial charge in [0.1, 0.15) is 17.2 Å². The molecule has 7 heteroatoms. The van der Waals surface area contributed by atoms with Crippen LogP contribution in [0.3, 0.4) is 0 Å². The van der Waals surface area contributed by atoms with Crippen molar-refractivity contribution < 1.29 is 22.0 Å². The molecular weight excluding hydrogens is 303 g/mol. The molecule has 0 spiro atoms. The summed E-state index contributed by atoms with van der Waals surface area (Å²) in [5.41, 5.74) is -1.48. The highest BCUT2D eigenvalue weighted by molar-refractivity contribution is 5.56. The van der Waals surface area contributed by atoms with Crippen LogP contribution in [0.1, 0.15) is 31.9 Å². The zero-order chi connectivity index (χ0) is 16.7. The second-order valence-corrected chi connectivity index (χ2v) is 5.86. The largest absolute Gasteiger partial charge is 0.422 e. The van der Waals surface area contributed by atoms with Crippen molar-refractivity contribution in [2.45, 2.75) is 32.4 Å². The summed E-state index contributed by atoms with van der Waals surface area (Å²) >= 11 is 0. The van der Waals surface area contributed by atoms with E-state index in [1.165, 1.54) is 12.4 Å². The molecule has 2 rings (SSSR count). The van der Waals surface area contributed by atoms with E-state index in [4.69, 9.17) is 0 Å². The standard InChI is InChI=1S/C15H13F5N2/c1-14(2,3)9-6-21-13(22-7-9)8-4-10(16)12(11(17)5-8)15(18,19)20/h4-7H,1-3H3. The van der Waals surface area contributed by atoms with Gasteiger partial charge in [0.15, 0.2) is 5.82 Å². The lowest BCUT2D eigenvalue weighted by molar-refractivity contribution is -0.142. The van der Waals surface area contributed by atoms with Crippen LogP contribution in [0.15, 0.2) is 24.5 Å². The van der Waals surface area contributed by atoms with E-state index < -0.39 is 23.4 Å². The fourth-order valence-corrected chi connectivity index (χ4v) is 1.84. The maximum atomic E-state index is 13.5. The van der Waals surface area contributed by atoms with Gasteiger partial charge < -0.3 is 0 Å². The van der Waals surface area contributed by atoms with Gasteiger partial charge in [-0.15, -0.1) is 0 Å². The Morgan fingerprint density at radius 3 is 1.68 bits per heavy atom. The Labute approximate surface area is 124 Å². The molecule has 118 valence electrons. The minimum atomic E-state index is -5.09. The molecule has 0 saturated carbocycles. The molecule has 1 heterocycles. The van der Waals surface area contributed by atoms with Crippen molar-refractivity contribution in [2.24, 2.45) is 0 Å². The number of rotatable bonds is 1. The lowest BCUT2D eigenvalue weighted by atomic mass is 9.89. The monoisotopic (exact) mass is 316 g/mol. The molecule has 2 nitrogen and oxygen atoms in total. The quantitative estimate of drug-likeness (QED) is 0.710. The first-order valence-corrected chi connectivity index (χ1v) is 6.39. The molecule has 0 amide bonds. The Hall–Kier alpha value is -2.05. The number of aromatic nitrogens is 2. The van der Waals surface area contributed by atoms with E-state index >= 15 is 0 Å². The first kappa shape index (κ1) is 16.3. The fourth-order valence-electron chi connectivity index (χ4n) is 1.84. The van der Waals surface area contributed by atoms with Crippen molar-refractivity contribution >= 4 is 0 Å². The molecule has 22 heavy (non-hydrogen) atoms. The summed E-state index contributed by atoms with van der Waals surface area (Å²) in [5, 5.41) is 0. The Bertz CT molecular complexity index is 662. The molecule has 0 aliphatic carbocycles. The van der Waals surface area contributed by atoms with Crippen molar-refractivity contribution in [1.82, 2.24) is 9.97 Å². The lowest BCUT2D eigenvalue weighted by Crippen LogP contribution is -2.13. The van der Waals surface area contributed by atoms with Crippen molar-refractivity contribution in [3.05, 3.63) is 47.3 Å². The molecular formula is C15H13F5N2. The van der Waals surface area contributed by atoms with Gasteiger partial charge in [-0.1, -0.05) is 20.8 Å². The molecule has 0 aliphatic heterocycles. The first-order valence-electron chi connectivity index (χ1n) is 6.39. The van der Waals surface area contributed by atoms with Gasteiger partial charge >= 0.3 is 6.18 Å². The summed E-state index contributed by atoms with van der Waals surface area (Å²) in [4.78, 5) is 7.93. The predicted octanol–water partition coefficient (Wildman–Crippen LogP) is 4.74.